The first-order valence-electron chi connectivity index (χ1n) is 4.50. The lowest BCUT2D eigenvalue weighted by Crippen LogP contribution is -1.95. The van der Waals surface area contributed by atoms with Crippen LogP contribution in [-0.4, -0.2) is 10.8 Å². The highest BCUT2D eigenvalue weighted by Gasteiger charge is 1.99. The van der Waals surface area contributed by atoms with Crippen LogP contribution < -0.4 is 0 Å². The van der Waals surface area contributed by atoms with Gasteiger partial charge in [-0.3, -0.25) is 9.78 Å². The Morgan fingerprint density at radius 2 is 2.36 bits per heavy atom. The van der Waals surface area contributed by atoms with E-state index in [1.54, 1.807) is 19.2 Å². The van der Waals surface area contributed by atoms with Gasteiger partial charge in [0.15, 0.2) is 0 Å². The van der Waals surface area contributed by atoms with Crippen molar-refractivity contribution in [2.75, 3.05) is 0 Å². The van der Waals surface area contributed by atoms with Crippen LogP contribution in [-0.2, 0) is 11.2 Å². The molecule has 0 atom stereocenters. The number of hydrogen-bond acceptors (Lipinski definition) is 2. The number of carbonyl (C=O) groups excluding carboxylic acids is 1. The Balaban J connectivity index is 2.46. The van der Waals surface area contributed by atoms with E-state index in [0.29, 0.717) is 6.42 Å². The molecule has 0 saturated heterocycles. The minimum atomic E-state index is 0.174. The van der Waals surface area contributed by atoms with Crippen molar-refractivity contribution in [2.45, 2.75) is 13.3 Å². The fraction of sp³-hybridized carbons (Fsp3) is 0.167. The SMILES string of the molecule is CC(=O)Cc1ccc2ncc[c]c2c1. The first-order chi connectivity index (χ1) is 6.75. The quantitative estimate of drug-likeness (QED) is 0.716. The fourth-order valence-corrected chi connectivity index (χ4v) is 1.45. The van der Waals surface area contributed by atoms with Crippen LogP contribution >= 0.6 is 0 Å². The summed E-state index contributed by atoms with van der Waals surface area (Å²) in [6, 6.07) is 10.7. The van der Waals surface area contributed by atoms with Crippen LogP contribution in [0.2, 0.25) is 0 Å². The fourth-order valence-electron chi connectivity index (χ4n) is 1.45. The standard InChI is InChI=1S/C12H10NO/c1-9(14)7-10-4-5-12-11(8-10)3-2-6-13-12/h2,4-6,8H,7H2,1H3. The normalized spacial score (nSPS) is 10.4. The summed E-state index contributed by atoms with van der Waals surface area (Å²) in [5, 5.41) is 0.964. The number of Topliss-reactive ketones (excluding diaryl/α,β-unsaturated/α-hetero) is 1. The molecule has 0 amide bonds. The van der Waals surface area contributed by atoms with E-state index in [9.17, 15) is 4.79 Å². The molecule has 0 aliphatic heterocycles. The second-order valence-corrected chi connectivity index (χ2v) is 3.32. The van der Waals surface area contributed by atoms with Crippen LogP contribution in [0, 0.1) is 6.07 Å². The lowest BCUT2D eigenvalue weighted by Gasteiger charge is -1.99. The van der Waals surface area contributed by atoms with Gasteiger partial charge in [-0.05, 0) is 36.8 Å². The lowest BCUT2D eigenvalue weighted by molar-refractivity contribution is -0.116. The molecule has 1 aromatic carbocycles. The van der Waals surface area contributed by atoms with Gasteiger partial charge in [-0.1, -0.05) is 6.07 Å². The largest absolute Gasteiger partial charge is 0.300 e. The summed E-state index contributed by atoms with van der Waals surface area (Å²) >= 11 is 0. The highest BCUT2D eigenvalue weighted by molar-refractivity contribution is 5.82. The van der Waals surface area contributed by atoms with Gasteiger partial charge in [0, 0.05) is 18.0 Å². The zero-order chi connectivity index (χ0) is 9.97. The van der Waals surface area contributed by atoms with Crippen molar-refractivity contribution < 1.29 is 4.79 Å². The summed E-state index contributed by atoms with van der Waals surface area (Å²) < 4.78 is 0. The van der Waals surface area contributed by atoms with E-state index in [-0.39, 0.29) is 5.78 Å². The number of nitrogens with zero attached hydrogens (tertiary/aromatic N) is 1. The van der Waals surface area contributed by atoms with E-state index in [1.165, 1.54) is 0 Å². The first-order valence-corrected chi connectivity index (χ1v) is 4.50. The molecular weight excluding hydrogens is 174 g/mol. The van der Waals surface area contributed by atoms with Gasteiger partial charge in [-0.15, -0.1) is 0 Å². The van der Waals surface area contributed by atoms with Crippen LogP contribution in [0.15, 0.2) is 30.5 Å². The summed E-state index contributed by atoms with van der Waals surface area (Å²) in [4.78, 5) is 15.1. The van der Waals surface area contributed by atoms with Crippen molar-refractivity contribution in [2.24, 2.45) is 0 Å². The molecular formula is C12H10NO. The monoisotopic (exact) mass is 184 g/mol. The Labute approximate surface area is 82.6 Å². The third-order valence-corrected chi connectivity index (χ3v) is 2.04. The Morgan fingerprint density at radius 3 is 3.14 bits per heavy atom. The molecule has 2 rings (SSSR count). The van der Waals surface area contributed by atoms with Crippen LogP contribution in [0.5, 0.6) is 0 Å². The molecule has 0 aliphatic carbocycles. The maximum atomic E-state index is 10.9. The second kappa shape index (κ2) is 3.58. The molecule has 69 valence electrons. The summed E-state index contributed by atoms with van der Waals surface area (Å²) in [5.41, 5.74) is 1.94. The topological polar surface area (TPSA) is 30.0 Å². The predicted octanol–water partition coefficient (Wildman–Crippen LogP) is 2.17. The van der Waals surface area contributed by atoms with Crippen LogP contribution in [0.1, 0.15) is 12.5 Å². The maximum absolute atomic E-state index is 10.9. The Hall–Kier alpha value is -1.70. The van der Waals surface area contributed by atoms with Crippen molar-refractivity contribution in [1.82, 2.24) is 4.98 Å². The number of ketones is 1. The summed E-state index contributed by atoms with van der Waals surface area (Å²) in [6.07, 6.45) is 2.20. The average Bonchev–Trinajstić information content (AvgIpc) is 2.17. The van der Waals surface area contributed by atoms with Crippen molar-refractivity contribution in [1.29, 1.82) is 0 Å². The molecule has 0 unspecified atom stereocenters. The van der Waals surface area contributed by atoms with Crippen molar-refractivity contribution in [3.8, 4) is 0 Å². The number of aromatic nitrogens is 1. The van der Waals surface area contributed by atoms with Gasteiger partial charge in [0.1, 0.15) is 5.78 Å². The molecule has 0 bridgehead atoms. The molecule has 1 aromatic heterocycles. The summed E-state index contributed by atoms with van der Waals surface area (Å²) in [5.74, 6) is 0.174. The number of fused-ring (bicyclic) bond motifs is 1. The highest BCUT2D eigenvalue weighted by Crippen LogP contribution is 2.13. The minimum absolute atomic E-state index is 0.174. The molecule has 0 fully saturated rings. The number of rotatable bonds is 2. The van der Waals surface area contributed by atoms with E-state index >= 15 is 0 Å². The van der Waals surface area contributed by atoms with Gasteiger partial charge in [-0.2, -0.15) is 0 Å². The molecule has 14 heavy (non-hydrogen) atoms. The van der Waals surface area contributed by atoms with Crippen molar-refractivity contribution in [3.63, 3.8) is 0 Å². The van der Waals surface area contributed by atoms with Gasteiger partial charge < -0.3 is 0 Å². The Morgan fingerprint density at radius 1 is 1.50 bits per heavy atom. The van der Waals surface area contributed by atoms with Gasteiger partial charge in [0.2, 0.25) is 0 Å². The zero-order valence-electron chi connectivity index (χ0n) is 7.95. The van der Waals surface area contributed by atoms with Gasteiger partial charge in [0.25, 0.3) is 0 Å². The third-order valence-electron chi connectivity index (χ3n) is 2.04. The Bertz CT molecular complexity index is 476. The smallest absolute Gasteiger partial charge is 0.134 e. The van der Waals surface area contributed by atoms with Crippen LogP contribution in [0.25, 0.3) is 10.9 Å². The third kappa shape index (κ3) is 1.79. The predicted molar refractivity (Wildman–Crippen MR) is 55.0 cm³/mol. The molecule has 0 spiro atoms. The van der Waals surface area contributed by atoms with E-state index < -0.39 is 0 Å². The summed E-state index contributed by atoms with van der Waals surface area (Å²) in [6.45, 7) is 1.59. The first kappa shape index (κ1) is 8.88. The molecule has 0 saturated carbocycles. The molecule has 2 aromatic rings. The molecule has 0 N–H and O–H groups in total. The molecule has 1 heterocycles. The number of hydrogen-bond donors (Lipinski definition) is 0. The molecule has 0 aliphatic rings. The Kier molecular flexibility index (Phi) is 2.27. The minimum Gasteiger partial charge on any atom is -0.300 e. The van der Waals surface area contributed by atoms with Gasteiger partial charge in [0.05, 0.1) is 5.52 Å². The van der Waals surface area contributed by atoms with Gasteiger partial charge in [-0.25, -0.2) is 0 Å². The number of pyridine rings is 1. The second-order valence-electron chi connectivity index (χ2n) is 3.32. The zero-order valence-corrected chi connectivity index (χ0v) is 7.95. The van der Waals surface area contributed by atoms with Gasteiger partial charge >= 0.3 is 0 Å². The highest BCUT2D eigenvalue weighted by atomic mass is 16.1. The van der Waals surface area contributed by atoms with E-state index in [2.05, 4.69) is 11.1 Å². The number of carbonyl (C=O) groups is 1. The number of benzene rings is 1. The van der Waals surface area contributed by atoms with E-state index in [0.717, 1.165) is 16.5 Å². The molecule has 2 nitrogen and oxygen atoms in total. The molecule has 2 heteroatoms. The van der Waals surface area contributed by atoms with E-state index in [1.807, 2.05) is 18.2 Å². The molecule has 1 radical (unpaired) electrons. The lowest BCUT2D eigenvalue weighted by atomic mass is 10.1. The summed E-state index contributed by atoms with van der Waals surface area (Å²) in [7, 11) is 0. The average molecular weight is 184 g/mol. The van der Waals surface area contributed by atoms with Crippen LogP contribution in [0.3, 0.4) is 0 Å². The van der Waals surface area contributed by atoms with Crippen molar-refractivity contribution >= 4 is 16.7 Å². The maximum Gasteiger partial charge on any atom is 0.134 e. The van der Waals surface area contributed by atoms with Crippen molar-refractivity contribution in [3.05, 3.63) is 42.1 Å². The van der Waals surface area contributed by atoms with Crippen LogP contribution in [0.4, 0.5) is 0 Å². The van der Waals surface area contributed by atoms with E-state index in [4.69, 9.17) is 0 Å².